The summed E-state index contributed by atoms with van der Waals surface area (Å²) in [4.78, 5) is 20.7. The largest absolute Gasteiger partial charge is 0.310 e. The zero-order valence-corrected chi connectivity index (χ0v) is 12.0. The summed E-state index contributed by atoms with van der Waals surface area (Å²) in [5, 5.41) is 1.69. The molecular formula is C17H12N2OS. The molecule has 0 fully saturated rings. The average molecular weight is 292 g/mol. The van der Waals surface area contributed by atoms with Crippen molar-refractivity contribution in [3.63, 3.8) is 0 Å². The molecular weight excluding hydrogens is 280 g/mol. The van der Waals surface area contributed by atoms with Crippen LogP contribution in [-0.4, -0.2) is 9.97 Å². The first-order valence-corrected chi connectivity index (χ1v) is 7.57. The lowest BCUT2D eigenvalue weighted by Gasteiger charge is -2.01. The quantitative estimate of drug-likeness (QED) is 0.612. The number of nitrogens with one attached hydrogen (secondary N) is 1. The van der Waals surface area contributed by atoms with Gasteiger partial charge in [-0.3, -0.25) is 4.79 Å². The fraction of sp³-hybridized carbons (Fsp3) is 0.0588. The van der Waals surface area contributed by atoms with Crippen LogP contribution >= 0.6 is 11.3 Å². The highest BCUT2D eigenvalue weighted by atomic mass is 32.1. The molecule has 4 heteroatoms. The van der Waals surface area contributed by atoms with Crippen molar-refractivity contribution in [1.29, 1.82) is 0 Å². The lowest BCUT2D eigenvalue weighted by molar-refractivity contribution is 0.978. The molecule has 0 saturated heterocycles. The summed E-state index contributed by atoms with van der Waals surface area (Å²) in [6, 6.07) is 18.0. The number of aromatic nitrogens is 2. The summed E-state index contributed by atoms with van der Waals surface area (Å²) in [5.74, 6) is 0.713. The van der Waals surface area contributed by atoms with E-state index < -0.39 is 0 Å². The molecule has 0 spiro atoms. The Bertz CT molecular complexity index is 986. The smallest absolute Gasteiger partial charge is 0.260 e. The number of thiophene rings is 1. The Morgan fingerprint density at radius 3 is 2.62 bits per heavy atom. The third kappa shape index (κ3) is 2.14. The molecule has 0 radical (unpaired) electrons. The minimum atomic E-state index is -0.0524. The van der Waals surface area contributed by atoms with Gasteiger partial charge in [0.05, 0.1) is 5.39 Å². The molecule has 0 aliphatic carbocycles. The molecule has 1 N–H and O–H groups in total. The van der Waals surface area contributed by atoms with Crippen molar-refractivity contribution in [3.05, 3.63) is 76.3 Å². The summed E-state index contributed by atoms with van der Waals surface area (Å²) in [7, 11) is 0. The maximum Gasteiger partial charge on any atom is 0.260 e. The Morgan fingerprint density at radius 2 is 1.76 bits per heavy atom. The Labute approximate surface area is 124 Å². The van der Waals surface area contributed by atoms with Gasteiger partial charge < -0.3 is 4.98 Å². The van der Waals surface area contributed by atoms with Gasteiger partial charge in [0.2, 0.25) is 0 Å². The van der Waals surface area contributed by atoms with Crippen LogP contribution in [0.2, 0.25) is 0 Å². The minimum Gasteiger partial charge on any atom is -0.310 e. The molecule has 0 saturated carbocycles. The Kier molecular flexibility index (Phi) is 2.82. The van der Waals surface area contributed by atoms with E-state index in [1.807, 2.05) is 54.6 Å². The van der Waals surface area contributed by atoms with Crippen molar-refractivity contribution in [3.8, 4) is 0 Å². The summed E-state index contributed by atoms with van der Waals surface area (Å²) in [5.41, 5.74) is 1.09. The number of rotatable bonds is 2. The van der Waals surface area contributed by atoms with E-state index in [1.54, 1.807) is 11.3 Å². The molecule has 0 unspecified atom stereocenters. The number of hydrogen-bond acceptors (Lipinski definition) is 3. The van der Waals surface area contributed by atoms with Gasteiger partial charge in [-0.15, -0.1) is 11.3 Å². The third-order valence-electron chi connectivity index (χ3n) is 3.51. The molecule has 4 rings (SSSR count). The van der Waals surface area contributed by atoms with Gasteiger partial charge in [-0.2, -0.15) is 0 Å². The van der Waals surface area contributed by atoms with Crippen LogP contribution in [0.4, 0.5) is 0 Å². The monoisotopic (exact) mass is 292 g/mol. The molecule has 0 aliphatic rings. The van der Waals surface area contributed by atoms with Gasteiger partial charge in [0.15, 0.2) is 0 Å². The third-order valence-corrected chi connectivity index (χ3v) is 4.58. The van der Waals surface area contributed by atoms with E-state index in [0.29, 0.717) is 17.6 Å². The topological polar surface area (TPSA) is 45.8 Å². The van der Waals surface area contributed by atoms with Gasteiger partial charge in [-0.1, -0.05) is 48.5 Å². The summed E-state index contributed by atoms with van der Waals surface area (Å²) >= 11 is 1.57. The van der Waals surface area contributed by atoms with Crippen LogP contribution in [-0.2, 0) is 6.42 Å². The standard InChI is InChI=1S/C17H12N2OS/c20-16-15-12-8-4-5-9-13(12)21-17(15)19-14(18-16)10-11-6-2-1-3-7-11/h1-9H,10H2,(H,18,19,20). The van der Waals surface area contributed by atoms with E-state index in [0.717, 1.165) is 20.5 Å². The number of benzene rings is 2. The fourth-order valence-corrected chi connectivity index (χ4v) is 3.64. The van der Waals surface area contributed by atoms with Crippen LogP contribution in [0.25, 0.3) is 20.3 Å². The van der Waals surface area contributed by atoms with Crippen molar-refractivity contribution in [2.45, 2.75) is 6.42 Å². The summed E-state index contributed by atoms with van der Waals surface area (Å²) < 4.78 is 1.10. The van der Waals surface area contributed by atoms with E-state index in [9.17, 15) is 4.79 Å². The first-order chi connectivity index (χ1) is 10.3. The maximum absolute atomic E-state index is 12.4. The van der Waals surface area contributed by atoms with E-state index in [4.69, 9.17) is 0 Å². The molecule has 3 nitrogen and oxygen atoms in total. The van der Waals surface area contributed by atoms with Gasteiger partial charge in [0.1, 0.15) is 10.7 Å². The van der Waals surface area contributed by atoms with Crippen molar-refractivity contribution in [2.24, 2.45) is 0 Å². The van der Waals surface area contributed by atoms with Crippen molar-refractivity contribution in [2.75, 3.05) is 0 Å². The highest BCUT2D eigenvalue weighted by Gasteiger charge is 2.11. The summed E-state index contributed by atoms with van der Waals surface area (Å²) in [6.45, 7) is 0. The predicted octanol–water partition coefficient (Wildman–Crippen LogP) is 3.73. The van der Waals surface area contributed by atoms with Crippen molar-refractivity contribution in [1.82, 2.24) is 9.97 Å². The first kappa shape index (κ1) is 12.3. The Hall–Kier alpha value is -2.46. The van der Waals surface area contributed by atoms with Crippen LogP contribution in [0.15, 0.2) is 59.4 Å². The second kappa shape index (κ2) is 4.82. The van der Waals surface area contributed by atoms with Crippen molar-refractivity contribution >= 4 is 31.6 Å². The molecule has 21 heavy (non-hydrogen) atoms. The van der Waals surface area contributed by atoms with Crippen LogP contribution in [0, 0.1) is 0 Å². The van der Waals surface area contributed by atoms with Gasteiger partial charge in [0.25, 0.3) is 5.56 Å². The molecule has 102 valence electrons. The number of hydrogen-bond donors (Lipinski definition) is 1. The average Bonchev–Trinajstić information content (AvgIpc) is 2.87. The normalized spacial score (nSPS) is 11.2. The SMILES string of the molecule is O=c1[nH]c(Cc2ccccc2)nc2sc3ccccc3c12. The molecule has 2 heterocycles. The first-order valence-electron chi connectivity index (χ1n) is 6.75. The van der Waals surface area contributed by atoms with Crippen LogP contribution in [0.5, 0.6) is 0 Å². The lowest BCUT2D eigenvalue weighted by Crippen LogP contribution is -2.11. The highest BCUT2D eigenvalue weighted by molar-refractivity contribution is 7.25. The predicted molar refractivity (Wildman–Crippen MR) is 87.0 cm³/mol. The zero-order chi connectivity index (χ0) is 14.2. The van der Waals surface area contributed by atoms with E-state index in [1.165, 1.54) is 0 Å². The molecule has 0 atom stereocenters. The van der Waals surface area contributed by atoms with E-state index >= 15 is 0 Å². The van der Waals surface area contributed by atoms with Crippen LogP contribution < -0.4 is 5.56 Å². The molecule has 2 aromatic carbocycles. The molecule has 0 bridgehead atoms. The zero-order valence-electron chi connectivity index (χ0n) is 11.2. The number of H-pyrrole nitrogens is 1. The van der Waals surface area contributed by atoms with E-state index in [-0.39, 0.29) is 5.56 Å². The summed E-state index contributed by atoms with van der Waals surface area (Å²) in [6.07, 6.45) is 0.639. The fourth-order valence-electron chi connectivity index (χ4n) is 2.55. The molecule has 2 aromatic heterocycles. The second-order valence-corrected chi connectivity index (χ2v) is 5.98. The lowest BCUT2D eigenvalue weighted by atomic mass is 10.1. The number of nitrogens with zero attached hydrogens (tertiary/aromatic N) is 1. The van der Waals surface area contributed by atoms with Crippen LogP contribution in [0.3, 0.4) is 0 Å². The second-order valence-electron chi connectivity index (χ2n) is 4.95. The van der Waals surface area contributed by atoms with Gasteiger partial charge in [0, 0.05) is 16.5 Å². The van der Waals surface area contributed by atoms with Crippen LogP contribution in [0.1, 0.15) is 11.4 Å². The van der Waals surface area contributed by atoms with E-state index in [2.05, 4.69) is 9.97 Å². The highest BCUT2D eigenvalue weighted by Crippen LogP contribution is 2.29. The molecule has 0 amide bonds. The van der Waals surface area contributed by atoms with Gasteiger partial charge in [-0.25, -0.2) is 4.98 Å². The minimum absolute atomic E-state index is 0.0524. The maximum atomic E-state index is 12.4. The Morgan fingerprint density at radius 1 is 1.00 bits per heavy atom. The number of aromatic amines is 1. The molecule has 4 aromatic rings. The van der Waals surface area contributed by atoms with Gasteiger partial charge >= 0.3 is 0 Å². The van der Waals surface area contributed by atoms with Gasteiger partial charge in [-0.05, 0) is 11.6 Å². The molecule has 0 aliphatic heterocycles. The van der Waals surface area contributed by atoms with Crippen molar-refractivity contribution < 1.29 is 0 Å². The Balaban J connectivity index is 1.89. The number of fused-ring (bicyclic) bond motifs is 3.